The molecule has 3 rings (SSSR count). The molecule has 1 aliphatic heterocycles. The fourth-order valence-corrected chi connectivity index (χ4v) is 2.37. The summed E-state index contributed by atoms with van der Waals surface area (Å²) in [5, 5.41) is 6.26. The average Bonchev–Trinajstić information content (AvgIpc) is 2.99. The van der Waals surface area contributed by atoms with E-state index in [1.165, 1.54) is 17.2 Å². The van der Waals surface area contributed by atoms with Crippen molar-refractivity contribution in [3.63, 3.8) is 0 Å². The van der Waals surface area contributed by atoms with Crippen molar-refractivity contribution in [1.29, 1.82) is 0 Å². The van der Waals surface area contributed by atoms with Gasteiger partial charge in [-0.2, -0.15) is 0 Å². The Morgan fingerprint density at radius 2 is 2.25 bits per heavy atom. The van der Waals surface area contributed by atoms with Gasteiger partial charge in [-0.1, -0.05) is 12.1 Å². The normalized spacial score (nSPS) is 14.2. The largest absolute Gasteiger partial charge is 0.465 e. The maximum absolute atomic E-state index is 11.9. The van der Waals surface area contributed by atoms with Gasteiger partial charge in [-0.15, -0.1) is 0 Å². The topological polar surface area (TPSA) is 54.3 Å². The van der Waals surface area contributed by atoms with Crippen molar-refractivity contribution in [1.82, 2.24) is 5.32 Å². The lowest BCUT2D eigenvalue weighted by atomic mass is 9.99. The van der Waals surface area contributed by atoms with Crippen LogP contribution in [0.2, 0.25) is 0 Å². The third-order valence-corrected chi connectivity index (χ3v) is 3.34. The Kier molecular flexibility index (Phi) is 3.65. The van der Waals surface area contributed by atoms with Crippen LogP contribution in [0.25, 0.3) is 6.08 Å². The van der Waals surface area contributed by atoms with Crippen molar-refractivity contribution < 1.29 is 9.21 Å². The SMILES string of the molecule is O=C(/C=C/c1ccco1)Nc1cccc2c1CCNC2. The summed E-state index contributed by atoms with van der Waals surface area (Å²) in [4.78, 5) is 11.9. The summed E-state index contributed by atoms with van der Waals surface area (Å²) in [7, 11) is 0. The molecule has 0 bridgehead atoms. The molecular weight excluding hydrogens is 252 g/mol. The number of nitrogens with one attached hydrogen (secondary N) is 2. The third kappa shape index (κ3) is 2.81. The molecule has 4 heteroatoms. The standard InChI is InChI=1S/C16H16N2O2/c19-16(7-6-13-4-2-10-20-13)18-15-5-1-3-12-11-17-9-8-14(12)15/h1-7,10,17H,8-9,11H2,(H,18,19)/b7-6+. The monoisotopic (exact) mass is 268 g/mol. The summed E-state index contributed by atoms with van der Waals surface area (Å²) >= 11 is 0. The van der Waals surface area contributed by atoms with E-state index in [-0.39, 0.29) is 5.91 Å². The zero-order chi connectivity index (χ0) is 13.8. The van der Waals surface area contributed by atoms with E-state index in [2.05, 4.69) is 16.7 Å². The Bertz CT molecular complexity index is 630. The van der Waals surface area contributed by atoms with Crippen LogP contribution in [0.1, 0.15) is 16.9 Å². The number of fused-ring (bicyclic) bond motifs is 1. The minimum absolute atomic E-state index is 0.145. The van der Waals surface area contributed by atoms with Crippen molar-refractivity contribution in [3.05, 3.63) is 59.6 Å². The molecule has 4 nitrogen and oxygen atoms in total. The zero-order valence-corrected chi connectivity index (χ0v) is 11.1. The van der Waals surface area contributed by atoms with Gasteiger partial charge in [0.25, 0.3) is 0 Å². The van der Waals surface area contributed by atoms with Gasteiger partial charge in [0, 0.05) is 18.3 Å². The molecule has 0 saturated carbocycles. The van der Waals surface area contributed by atoms with Crippen molar-refractivity contribution in [2.45, 2.75) is 13.0 Å². The van der Waals surface area contributed by atoms with Gasteiger partial charge in [0.05, 0.1) is 6.26 Å². The minimum Gasteiger partial charge on any atom is -0.465 e. The van der Waals surface area contributed by atoms with Gasteiger partial charge < -0.3 is 15.1 Å². The van der Waals surface area contributed by atoms with Gasteiger partial charge in [-0.05, 0) is 48.4 Å². The lowest BCUT2D eigenvalue weighted by Crippen LogP contribution is -2.25. The van der Waals surface area contributed by atoms with E-state index >= 15 is 0 Å². The van der Waals surface area contributed by atoms with Crippen LogP contribution in [0, 0.1) is 0 Å². The highest BCUT2D eigenvalue weighted by molar-refractivity contribution is 6.02. The Hall–Kier alpha value is -2.33. The molecule has 2 heterocycles. The number of hydrogen-bond donors (Lipinski definition) is 2. The van der Waals surface area contributed by atoms with Crippen molar-refractivity contribution in [3.8, 4) is 0 Å². The first-order valence-corrected chi connectivity index (χ1v) is 6.67. The van der Waals surface area contributed by atoms with Gasteiger partial charge in [0.15, 0.2) is 0 Å². The number of carbonyl (C=O) groups is 1. The number of anilines is 1. The van der Waals surface area contributed by atoms with Crippen LogP contribution in [0.15, 0.2) is 47.1 Å². The van der Waals surface area contributed by atoms with E-state index < -0.39 is 0 Å². The highest BCUT2D eigenvalue weighted by Crippen LogP contribution is 2.23. The molecule has 2 N–H and O–H groups in total. The van der Waals surface area contributed by atoms with E-state index in [0.29, 0.717) is 5.76 Å². The minimum atomic E-state index is -0.145. The predicted molar refractivity (Wildman–Crippen MR) is 78.2 cm³/mol. The van der Waals surface area contributed by atoms with Crippen LogP contribution < -0.4 is 10.6 Å². The van der Waals surface area contributed by atoms with E-state index in [9.17, 15) is 4.79 Å². The number of rotatable bonds is 3. The summed E-state index contributed by atoms with van der Waals surface area (Å²) in [6.45, 7) is 1.81. The first-order chi connectivity index (χ1) is 9.83. The van der Waals surface area contributed by atoms with E-state index in [4.69, 9.17) is 4.42 Å². The van der Waals surface area contributed by atoms with Crippen molar-refractivity contribution >= 4 is 17.7 Å². The van der Waals surface area contributed by atoms with Crippen LogP contribution in [0.5, 0.6) is 0 Å². The summed E-state index contributed by atoms with van der Waals surface area (Å²) in [6.07, 6.45) is 5.66. The molecule has 0 aliphatic carbocycles. The Morgan fingerprint density at radius 3 is 3.10 bits per heavy atom. The average molecular weight is 268 g/mol. The molecular formula is C16H16N2O2. The maximum atomic E-state index is 11.9. The van der Waals surface area contributed by atoms with Gasteiger partial charge in [-0.25, -0.2) is 0 Å². The quantitative estimate of drug-likeness (QED) is 0.841. The third-order valence-electron chi connectivity index (χ3n) is 3.34. The zero-order valence-electron chi connectivity index (χ0n) is 11.1. The molecule has 102 valence electrons. The van der Waals surface area contributed by atoms with Gasteiger partial charge in [-0.3, -0.25) is 4.79 Å². The first-order valence-electron chi connectivity index (χ1n) is 6.67. The molecule has 1 aromatic heterocycles. The summed E-state index contributed by atoms with van der Waals surface area (Å²) < 4.78 is 5.15. The molecule has 20 heavy (non-hydrogen) atoms. The van der Waals surface area contributed by atoms with Crippen LogP contribution in [-0.2, 0) is 17.8 Å². The van der Waals surface area contributed by atoms with E-state index in [1.54, 1.807) is 24.5 Å². The number of benzene rings is 1. The Labute approximate surface area is 117 Å². The summed E-state index contributed by atoms with van der Waals surface area (Å²) in [5.41, 5.74) is 3.38. The van der Waals surface area contributed by atoms with Crippen LogP contribution in [0.4, 0.5) is 5.69 Å². The highest BCUT2D eigenvalue weighted by atomic mass is 16.3. The highest BCUT2D eigenvalue weighted by Gasteiger charge is 2.13. The van der Waals surface area contributed by atoms with Crippen LogP contribution in [0.3, 0.4) is 0 Å². The molecule has 0 spiro atoms. The predicted octanol–water partition coefficient (Wildman–Crippen LogP) is 2.58. The summed E-state index contributed by atoms with van der Waals surface area (Å²) in [5.74, 6) is 0.521. The van der Waals surface area contributed by atoms with Crippen molar-refractivity contribution in [2.24, 2.45) is 0 Å². The molecule has 1 amide bonds. The molecule has 0 saturated heterocycles. The molecule has 0 radical (unpaired) electrons. The molecule has 1 aliphatic rings. The Balaban J connectivity index is 1.73. The Morgan fingerprint density at radius 1 is 1.30 bits per heavy atom. The number of hydrogen-bond acceptors (Lipinski definition) is 3. The second-order valence-electron chi connectivity index (χ2n) is 4.71. The van der Waals surface area contributed by atoms with Crippen LogP contribution in [-0.4, -0.2) is 12.5 Å². The number of carbonyl (C=O) groups excluding carboxylic acids is 1. The molecule has 1 aromatic carbocycles. The van der Waals surface area contributed by atoms with Gasteiger partial charge in [0.1, 0.15) is 5.76 Å². The second-order valence-corrected chi connectivity index (χ2v) is 4.71. The van der Waals surface area contributed by atoms with Crippen molar-refractivity contribution in [2.75, 3.05) is 11.9 Å². The second kappa shape index (κ2) is 5.75. The van der Waals surface area contributed by atoms with E-state index in [0.717, 1.165) is 25.2 Å². The van der Waals surface area contributed by atoms with Gasteiger partial charge in [0.2, 0.25) is 5.91 Å². The smallest absolute Gasteiger partial charge is 0.248 e. The lowest BCUT2D eigenvalue weighted by Gasteiger charge is -2.20. The van der Waals surface area contributed by atoms with Gasteiger partial charge >= 0.3 is 0 Å². The fourth-order valence-electron chi connectivity index (χ4n) is 2.37. The molecule has 0 atom stereocenters. The fraction of sp³-hybridized carbons (Fsp3) is 0.188. The number of amides is 1. The first kappa shape index (κ1) is 12.7. The van der Waals surface area contributed by atoms with E-state index in [1.807, 2.05) is 12.1 Å². The number of furan rings is 1. The molecule has 0 fully saturated rings. The molecule has 0 unspecified atom stereocenters. The molecule has 2 aromatic rings. The lowest BCUT2D eigenvalue weighted by molar-refractivity contribution is -0.111. The maximum Gasteiger partial charge on any atom is 0.248 e. The summed E-state index contributed by atoms with van der Waals surface area (Å²) in [6, 6.07) is 9.61. The van der Waals surface area contributed by atoms with Crippen LogP contribution >= 0.6 is 0 Å².